The minimum absolute atomic E-state index is 0.475. The van der Waals surface area contributed by atoms with Gasteiger partial charge >= 0.3 is 0 Å². The summed E-state index contributed by atoms with van der Waals surface area (Å²) in [6, 6.07) is 0.475. The first-order valence-corrected chi connectivity index (χ1v) is 5.63. The highest BCUT2D eigenvalue weighted by Crippen LogP contribution is 2.44. The molecule has 1 aliphatic heterocycles. The van der Waals surface area contributed by atoms with E-state index in [2.05, 4.69) is 31.0 Å². The summed E-state index contributed by atoms with van der Waals surface area (Å²) < 4.78 is 0. The van der Waals surface area contributed by atoms with Crippen LogP contribution in [0.15, 0.2) is 17.1 Å². The Kier molecular flexibility index (Phi) is 2.26. The van der Waals surface area contributed by atoms with Crippen LogP contribution < -0.4 is 0 Å². The van der Waals surface area contributed by atoms with Crippen molar-refractivity contribution < 1.29 is 0 Å². The second-order valence-corrected chi connectivity index (χ2v) is 4.73. The van der Waals surface area contributed by atoms with Crippen molar-refractivity contribution in [3.63, 3.8) is 0 Å². The van der Waals surface area contributed by atoms with Crippen LogP contribution in [0.3, 0.4) is 0 Å². The van der Waals surface area contributed by atoms with Gasteiger partial charge < -0.3 is 0 Å². The first-order valence-electron chi connectivity index (χ1n) is 4.64. The summed E-state index contributed by atoms with van der Waals surface area (Å²) in [6.45, 7) is 4.38. The highest BCUT2D eigenvalue weighted by Gasteiger charge is 2.39. The van der Waals surface area contributed by atoms with Crippen LogP contribution in [0.1, 0.15) is 20.3 Å². The summed E-state index contributed by atoms with van der Waals surface area (Å²) >= 11 is 1.96. The zero-order chi connectivity index (χ0) is 8.55. The molecule has 0 aromatic carbocycles. The summed E-state index contributed by atoms with van der Waals surface area (Å²) in [4.78, 5) is 4.68. The van der Waals surface area contributed by atoms with Crippen LogP contribution in [0.4, 0.5) is 0 Å². The van der Waals surface area contributed by atoms with Crippen molar-refractivity contribution in [2.24, 2.45) is 16.8 Å². The van der Waals surface area contributed by atoms with E-state index in [-0.39, 0.29) is 0 Å². The van der Waals surface area contributed by atoms with Crippen molar-refractivity contribution in [3.05, 3.63) is 12.2 Å². The molecular weight excluding hydrogens is 166 g/mol. The Morgan fingerprint density at radius 1 is 1.58 bits per heavy atom. The summed E-state index contributed by atoms with van der Waals surface area (Å²) in [7, 11) is 0. The van der Waals surface area contributed by atoms with Gasteiger partial charge in [0.1, 0.15) is 0 Å². The first-order chi connectivity index (χ1) is 5.81. The Morgan fingerprint density at radius 2 is 2.33 bits per heavy atom. The van der Waals surface area contributed by atoms with Gasteiger partial charge in [0, 0.05) is 11.7 Å². The van der Waals surface area contributed by atoms with E-state index < -0.39 is 0 Å². The molecule has 0 radical (unpaired) electrons. The first kappa shape index (κ1) is 8.36. The van der Waals surface area contributed by atoms with E-state index in [4.69, 9.17) is 0 Å². The van der Waals surface area contributed by atoms with Crippen LogP contribution in [0.5, 0.6) is 0 Å². The van der Waals surface area contributed by atoms with Gasteiger partial charge in [0.05, 0.1) is 11.1 Å². The van der Waals surface area contributed by atoms with Crippen LogP contribution in [-0.4, -0.2) is 16.8 Å². The van der Waals surface area contributed by atoms with Gasteiger partial charge in [-0.1, -0.05) is 19.1 Å². The van der Waals surface area contributed by atoms with Gasteiger partial charge in [-0.25, -0.2) is 0 Å². The van der Waals surface area contributed by atoms with Crippen LogP contribution in [0.25, 0.3) is 0 Å². The average Bonchev–Trinajstić information content (AvgIpc) is 2.62. The summed E-state index contributed by atoms with van der Waals surface area (Å²) in [5.74, 6) is 2.90. The fraction of sp³-hybridized carbons (Fsp3) is 0.700. The molecule has 0 unspecified atom stereocenters. The van der Waals surface area contributed by atoms with Crippen molar-refractivity contribution in [3.8, 4) is 0 Å². The number of rotatable bonds is 2. The second-order valence-electron chi connectivity index (χ2n) is 3.69. The maximum absolute atomic E-state index is 4.68. The predicted octanol–water partition coefficient (Wildman–Crippen LogP) is 2.73. The maximum Gasteiger partial charge on any atom is 0.0783 e. The van der Waals surface area contributed by atoms with Gasteiger partial charge in [-0.05, 0) is 19.3 Å². The minimum atomic E-state index is 0.475. The fourth-order valence-corrected chi connectivity index (χ4v) is 2.88. The molecule has 0 aromatic heterocycles. The molecular formula is C10H15NS. The van der Waals surface area contributed by atoms with E-state index in [9.17, 15) is 0 Å². The van der Waals surface area contributed by atoms with Crippen LogP contribution >= 0.6 is 11.8 Å². The zero-order valence-corrected chi connectivity index (χ0v) is 8.47. The van der Waals surface area contributed by atoms with Crippen LogP contribution in [-0.2, 0) is 0 Å². The number of hydrogen-bond donors (Lipinski definition) is 0. The standard InChI is InChI=1S/C10H15NS/c1-3-4-8-6-12-10(11-8)9-5-7(9)2/h3-4,7-9H,5-6H2,1-2H3/b4-3+/t7-,8-,9+/m1/s1. The number of nitrogens with zero attached hydrogens (tertiary/aromatic N) is 1. The van der Waals surface area contributed by atoms with Crippen molar-refractivity contribution in [1.29, 1.82) is 0 Å². The smallest absolute Gasteiger partial charge is 0.0783 e. The Labute approximate surface area is 78.3 Å². The monoisotopic (exact) mass is 181 g/mol. The Balaban J connectivity index is 1.96. The van der Waals surface area contributed by atoms with E-state index in [0.717, 1.165) is 11.8 Å². The Morgan fingerprint density at radius 3 is 2.92 bits per heavy atom. The van der Waals surface area contributed by atoms with Gasteiger partial charge in [0.25, 0.3) is 0 Å². The van der Waals surface area contributed by atoms with Crippen molar-refractivity contribution in [1.82, 2.24) is 0 Å². The molecule has 0 N–H and O–H groups in total. The molecule has 0 aromatic rings. The molecule has 1 saturated carbocycles. The molecule has 12 heavy (non-hydrogen) atoms. The minimum Gasteiger partial charge on any atom is -0.274 e. The molecule has 0 amide bonds. The number of aliphatic imine (C=N–C) groups is 1. The lowest BCUT2D eigenvalue weighted by atomic mass is 10.3. The molecule has 1 aliphatic carbocycles. The molecule has 0 saturated heterocycles. The van der Waals surface area contributed by atoms with E-state index in [1.54, 1.807) is 0 Å². The molecule has 3 atom stereocenters. The summed E-state index contributed by atoms with van der Waals surface area (Å²) in [6.07, 6.45) is 5.68. The van der Waals surface area contributed by atoms with Crippen molar-refractivity contribution >= 4 is 16.8 Å². The molecule has 2 aliphatic rings. The van der Waals surface area contributed by atoms with Gasteiger partial charge in [-0.2, -0.15) is 0 Å². The number of hydrogen-bond acceptors (Lipinski definition) is 2. The van der Waals surface area contributed by atoms with Gasteiger partial charge in [-0.15, -0.1) is 11.8 Å². The maximum atomic E-state index is 4.68. The van der Waals surface area contributed by atoms with Crippen LogP contribution in [0.2, 0.25) is 0 Å². The van der Waals surface area contributed by atoms with E-state index in [1.165, 1.54) is 17.2 Å². The molecule has 2 heteroatoms. The third-order valence-corrected chi connectivity index (χ3v) is 3.75. The third kappa shape index (κ3) is 1.58. The largest absolute Gasteiger partial charge is 0.274 e. The molecule has 1 heterocycles. The third-order valence-electron chi connectivity index (χ3n) is 2.54. The van der Waals surface area contributed by atoms with E-state index in [0.29, 0.717) is 6.04 Å². The van der Waals surface area contributed by atoms with Gasteiger partial charge in [0.15, 0.2) is 0 Å². The highest BCUT2D eigenvalue weighted by molar-refractivity contribution is 8.14. The second kappa shape index (κ2) is 3.25. The fourth-order valence-electron chi connectivity index (χ4n) is 1.60. The molecule has 0 bridgehead atoms. The van der Waals surface area contributed by atoms with Crippen molar-refractivity contribution in [2.75, 3.05) is 5.75 Å². The van der Waals surface area contributed by atoms with E-state index in [1.807, 2.05) is 11.8 Å². The number of thioether (sulfide) groups is 1. The topological polar surface area (TPSA) is 12.4 Å². The summed E-state index contributed by atoms with van der Waals surface area (Å²) in [5, 5.41) is 1.42. The van der Waals surface area contributed by atoms with Gasteiger partial charge in [-0.3, -0.25) is 4.99 Å². The Hall–Kier alpha value is -0.240. The molecule has 2 rings (SSSR count). The van der Waals surface area contributed by atoms with Crippen LogP contribution in [0, 0.1) is 11.8 Å². The zero-order valence-electron chi connectivity index (χ0n) is 7.66. The quantitative estimate of drug-likeness (QED) is 0.597. The molecule has 1 nitrogen and oxygen atoms in total. The lowest BCUT2D eigenvalue weighted by molar-refractivity contribution is 0.910. The summed E-state index contributed by atoms with van der Waals surface area (Å²) in [5.41, 5.74) is 0. The molecule has 66 valence electrons. The van der Waals surface area contributed by atoms with Gasteiger partial charge in [0.2, 0.25) is 0 Å². The average molecular weight is 181 g/mol. The number of allylic oxidation sites excluding steroid dienone is 1. The highest BCUT2D eigenvalue weighted by atomic mass is 32.2. The Bertz CT molecular complexity index is 232. The van der Waals surface area contributed by atoms with Crippen molar-refractivity contribution in [2.45, 2.75) is 26.3 Å². The molecule has 1 fully saturated rings. The lowest BCUT2D eigenvalue weighted by Crippen LogP contribution is -1.96. The predicted molar refractivity (Wildman–Crippen MR) is 55.8 cm³/mol. The normalized spacial score (nSPS) is 40.5. The molecule has 0 spiro atoms. The lowest BCUT2D eigenvalue weighted by Gasteiger charge is -1.93. The SMILES string of the molecule is C/C=C/[C@@H]1CSC([C@H]2C[C@H]2C)=N1. The van der Waals surface area contributed by atoms with E-state index >= 15 is 0 Å².